The fraction of sp³-hybridized carbons (Fsp3) is 0.647. The Labute approximate surface area is 165 Å². The molecular formula is C17H22N4O6S. The van der Waals surface area contributed by atoms with Crippen molar-refractivity contribution in [3.8, 4) is 0 Å². The molecule has 152 valence electrons. The molecule has 1 atom stereocenters. The van der Waals surface area contributed by atoms with E-state index in [0.717, 1.165) is 11.5 Å². The molecule has 2 fully saturated rings. The van der Waals surface area contributed by atoms with Crippen LogP contribution in [-0.2, 0) is 28.8 Å². The van der Waals surface area contributed by atoms with E-state index >= 15 is 0 Å². The molecule has 28 heavy (non-hydrogen) atoms. The molecule has 0 radical (unpaired) electrons. The summed E-state index contributed by atoms with van der Waals surface area (Å²) < 4.78 is 9.48. The summed E-state index contributed by atoms with van der Waals surface area (Å²) in [5, 5.41) is 4.58. The minimum absolute atomic E-state index is 0.0874. The van der Waals surface area contributed by atoms with Gasteiger partial charge in [-0.15, -0.1) is 0 Å². The molecule has 1 aliphatic carbocycles. The van der Waals surface area contributed by atoms with E-state index in [1.807, 2.05) is 0 Å². The number of aromatic nitrogens is 2. The number of aryl methyl sites for hydroxylation is 1. The van der Waals surface area contributed by atoms with Crippen LogP contribution < -0.4 is 5.48 Å². The number of amides is 1. The van der Waals surface area contributed by atoms with Gasteiger partial charge in [-0.2, -0.15) is 4.37 Å². The van der Waals surface area contributed by atoms with Crippen molar-refractivity contribution in [2.24, 2.45) is 11.1 Å². The largest absolute Gasteiger partial charge is 0.457 e. The van der Waals surface area contributed by atoms with E-state index in [1.165, 1.54) is 0 Å². The Bertz CT molecular complexity index is 824. The number of esters is 1. The van der Waals surface area contributed by atoms with Crippen LogP contribution >= 0.6 is 11.5 Å². The van der Waals surface area contributed by atoms with E-state index < -0.39 is 28.9 Å². The Hall–Kier alpha value is -2.40. The van der Waals surface area contributed by atoms with Crippen LogP contribution in [0, 0.1) is 12.8 Å². The molecule has 1 saturated heterocycles. The molecule has 0 unspecified atom stereocenters. The fourth-order valence-corrected chi connectivity index (χ4v) is 2.88. The van der Waals surface area contributed by atoms with Crippen LogP contribution in [0.5, 0.6) is 0 Å². The molecular weight excluding hydrogens is 388 g/mol. The zero-order chi connectivity index (χ0) is 20.5. The minimum Gasteiger partial charge on any atom is -0.457 e. The van der Waals surface area contributed by atoms with Gasteiger partial charge in [-0.05, 0) is 39.2 Å². The predicted molar refractivity (Wildman–Crippen MR) is 97.3 cm³/mol. The van der Waals surface area contributed by atoms with Crippen molar-refractivity contribution >= 4 is 34.9 Å². The number of Topliss-reactive ketones (excluding diaryl/α,β-unsaturated/α-hetero) is 1. The molecule has 1 N–H and O–H groups in total. The molecule has 1 aliphatic heterocycles. The minimum atomic E-state index is -1.20. The first kappa shape index (κ1) is 20.3. The highest BCUT2D eigenvalue weighted by Crippen LogP contribution is 2.42. The zero-order valence-corrected chi connectivity index (χ0v) is 16.9. The molecule has 2 aliphatic rings. The Morgan fingerprint density at radius 3 is 2.61 bits per heavy atom. The zero-order valence-electron chi connectivity index (χ0n) is 16.1. The topological polar surface area (TPSA) is 129 Å². The fourth-order valence-electron chi connectivity index (χ4n) is 2.41. The second-order valence-electron chi connectivity index (χ2n) is 7.77. The molecule has 1 amide bonds. The van der Waals surface area contributed by atoms with Gasteiger partial charge in [-0.3, -0.25) is 14.4 Å². The van der Waals surface area contributed by atoms with E-state index in [9.17, 15) is 14.4 Å². The molecule has 1 saturated carbocycles. The highest BCUT2D eigenvalue weighted by atomic mass is 32.1. The third-order valence-electron chi connectivity index (χ3n) is 4.05. The number of nitrogens with one attached hydrogen (secondary N) is 1. The molecule has 1 aromatic heterocycles. The Balaban J connectivity index is 1.78. The lowest BCUT2D eigenvalue weighted by Crippen LogP contribution is -2.35. The van der Waals surface area contributed by atoms with Crippen LogP contribution in [0.1, 0.15) is 50.9 Å². The van der Waals surface area contributed by atoms with Crippen molar-refractivity contribution in [1.82, 2.24) is 14.8 Å². The van der Waals surface area contributed by atoms with E-state index in [0.29, 0.717) is 17.8 Å². The molecule has 0 bridgehead atoms. The maximum absolute atomic E-state index is 12.8. The van der Waals surface area contributed by atoms with Crippen LogP contribution in [0.4, 0.5) is 0 Å². The van der Waals surface area contributed by atoms with Crippen molar-refractivity contribution in [2.45, 2.75) is 58.2 Å². The summed E-state index contributed by atoms with van der Waals surface area (Å²) in [5.74, 6) is -1.89. The molecule has 10 nitrogen and oxygen atoms in total. The van der Waals surface area contributed by atoms with Crippen LogP contribution in [0.3, 0.4) is 0 Å². The number of ether oxygens (including phenoxy) is 1. The summed E-state index contributed by atoms with van der Waals surface area (Å²) in [7, 11) is 0. The number of hydrogen-bond donors (Lipinski definition) is 1. The van der Waals surface area contributed by atoms with E-state index in [2.05, 4.69) is 20.0 Å². The van der Waals surface area contributed by atoms with Crippen LogP contribution in [-0.4, -0.2) is 50.5 Å². The Kier molecular flexibility index (Phi) is 5.48. The molecule has 1 aromatic rings. The number of hydroxylamine groups is 1. The standard InChI is InChI=1S/C17H22N4O6S/c1-9-18-13(21-28-9)12(11(22)7-10-8-25-20-14(10)23)19-27-17(5-6-17)15(24)26-16(2,3)4/h10H,5-8H2,1-4H3,(H,20,23)/b19-12+/t10-/m0/s1. The van der Waals surface area contributed by atoms with Gasteiger partial charge in [0.2, 0.25) is 11.5 Å². The molecule has 0 aromatic carbocycles. The van der Waals surface area contributed by atoms with Crippen molar-refractivity contribution in [2.75, 3.05) is 6.61 Å². The maximum atomic E-state index is 12.8. The van der Waals surface area contributed by atoms with Crippen molar-refractivity contribution in [3.05, 3.63) is 10.8 Å². The third kappa shape index (κ3) is 4.71. The van der Waals surface area contributed by atoms with Gasteiger partial charge >= 0.3 is 5.97 Å². The number of carbonyl (C=O) groups excluding carboxylic acids is 3. The van der Waals surface area contributed by atoms with Crippen LogP contribution in [0.2, 0.25) is 0 Å². The predicted octanol–water partition coefficient (Wildman–Crippen LogP) is 1.08. The molecule has 3 rings (SSSR count). The van der Waals surface area contributed by atoms with Gasteiger partial charge in [-0.1, -0.05) is 5.16 Å². The number of hydrogen-bond acceptors (Lipinski definition) is 10. The summed E-state index contributed by atoms with van der Waals surface area (Å²) in [6.07, 6.45) is 0.746. The average Bonchev–Trinajstić information content (AvgIpc) is 3.11. The molecule has 0 spiro atoms. The number of oxime groups is 1. The quantitative estimate of drug-likeness (QED) is 0.402. The first-order valence-corrected chi connectivity index (χ1v) is 9.62. The maximum Gasteiger partial charge on any atom is 0.353 e. The van der Waals surface area contributed by atoms with E-state index in [4.69, 9.17) is 14.4 Å². The summed E-state index contributed by atoms with van der Waals surface area (Å²) in [6.45, 7) is 7.11. The first-order chi connectivity index (χ1) is 13.1. The summed E-state index contributed by atoms with van der Waals surface area (Å²) >= 11 is 1.11. The average molecular weight is 410 g/mol. The van der Waals surface area contributed by atoms with Gasteiger partial charge in [0.1, 0.15) is 10.6 Å². The van der Waals surface area contributed by atoms with E-state index in [1.54, 1.807) is 27.7 Å². The molecule has 11 heteroatoms. The van der Waals surface area contributed by atoms with Gasteiger partial charge in [-0.25, -0.2) is 15.3 Å². The van der Waals surface area contributed by atoms with Crippen molar-refractivity contribution < 1.29 is 28.8 Å². The first-order valence-electron chi connectivity index (χ1n) is 8.85. The van der Waals surface area contributed by atoms with Gasteiger partial charge in [0.05, 0.1) is 12.5 Å². The van der Waals surface area contributed by atoms with Crippen LogP contribution in [0.25, 0.3) is 0 Å². The van der Waals surface area contributed by atoms with Gasteiger partial charge in [0.15, 0.2) is 17.3 Å². The number of ketones is 1. The monoisotopic (exact) mass is 410 g/mol. The SMILES string of the molecule is Cc1nc(/C(=N/OC2(C(=O)OC(C)(C)C)CC2)C(=O)C[C@H]2CONC2=O)ns1. The third-order valence-corrected chi connectivity index (χ3v) is 4.67. The van der Waals surface area contributed by atoms with Gasteiger partial charge < -0.3 is 9.57 Å². The number of carbonyl (C=O) groups is 3. The second-order valence-corrected chi connectivity index (χ2v) is 8.72. The lowest BCUT2D eigenvalue weighted by atomic mass is 10.0. The normalized spacial score (nSPS) is 21.2. The van der Waals surface area contributed by atoms with Gasteiger partial charge in [0, 0.05) is 19.3 Å². The van der Waals surface area contributed by atoms with E-state index in [-0.39, 0.29) is 30.5 Å². The summed E-state index contributed by atoms with van der Waals surface area (Å²) in [4.78, 5) is 51.3. The highest BCUT2D eigenvalue weighted by molar-refractivity contribution is 7.05. The second kappa shape index (κ2) is 7.55. The van der Waals surface area contributed by atoms with Crippen molar-refractivity contribution in [3.63, 3.8) is 0 Å². The Morgan fingerprint density at radius 2 is 2.11 bits per heavy atom. The van der Waals surface area contributed by atoms with Crippen LogP contribution in [0.15, 0.2) is 5.16 Å². The lowest BCUT2D eigenvalue weighted by Gasteiger charge is -2.22. The highest BCUT2D eigenvalue weighted by Gasteiger charge is 2.56. The van der Waals surface area contributed by atoms with Crippen molar-refractivity contribution in [1.29, 1.82) is 0 Å². The Morgan fingerprint density at radius 1 is 1.39 bits per heavy atom. The lowest BCUT2D eigenvalue weighted by molar-refractivity contribution is -0.172. The number of nitrogens with zero attached hydrogens (tertiary/aromatic N) is 3. The number of rotatable bonds is 7. The van der Waals surface area contributed by atoms with Gasteiger partial charge in [0.25, 0.3) is 0 Å². The summed E-state index contributed by atoms with van der Waals surface area (Å²) in [6, 6.07) is 0. The molecule has 2 heterocycles. The smallest absolute Gasteiger partial charge is 0.353 e. The summed E-state index contributed by atoms with van der Waals surface area (Å²) in [5.41, 5.74) is 0.220.